The summed E-state index contributed by atoms with van der Waals surface area (Å²) in [5.74, 6) is -0.736. The summed E-state index contributed by atoms with van der Waals surface area (Å²) in [7, 11) is 1.89. The Balaban J connectivity index is 0.00000166. The number of ketones is 1. The minimum atomic E-state index is -0.816. The maximum Gasteiger partial charge on any atom is 0.309 e. The van der Waals surface area contributed by atoms with Gasteiger partial charge in [0.05, 0.1) is 0 Å². The molecule has 1 saturated carbocycles. The summed E-state index contributed by atoms with van der Waals surface area (Å²) in [6, 6.07) is -0.816. The van der Waals surface area contributed by atoms with E-state index >= 15 is 0 Å². The third-order valence-electron chi connectivity index (χ3n) is 6.00. The number of nitrogens with zero attached hydrogens (tertiary/aromatic N) is 2. The molecule has 31 heavy (non-hydrogen) atoms. The molecule has 3 rings (SSSR count). The van der Waals surface area contributed by atoms with Gasteiger partial charge in [-0.3, -0.25) is 14.4 Å². The van der Waals surface area contributed by atoms with Gasteiger partial charge in [-0.2, -0.15) is 0 Å². The van der Waals surface area contributed by atoms with Crippen molar-refractivity contribution in [1.82, 2.24) is 15.6 Å². The molecule has 8 nitrogen and oxygen atoms in total. The number of rotatable bonds is 6. The second kappa shape index (κ2) is 13.7. The summed E-state index contributed by atoms with van der Waals surface area (Å²) in [6.07, 6.45) is 7.40. The summed E-state index contributed by atoms with van der Waals surface area (Å²) in [5, 5.41) is 7.71. The Hall–Kier alpha value is -1.61. The fraction of sp³-hybridized carbons (Fsp3) is 0.818. The zero-order chi connectivity index (χ0) is 22.6. The number of hydrogen-bond acceptors (Lipinski definition) is 6. The monoisotopic (exact) mass is 454 g/mol. The van der Waals surface area contributed by atoms with Crippen molar-refractivity contribution in [3.63, 3.8) is 0 Å². The smallest absolute Gasteiger partial charge is 0.309 e. The van der Waals surface area contributed by atoms with Crippen LogP contribution in [0.1, 0.15) is 65.2 Å². The van der Waals surface area contributed by atoms with Gasteiger partial charge in [-0.05, 0) is 31.6 Å². The van der Waals surface area contributed by atoms with Gasteiger partial charge in [0.15, 0.2) is 5.17 Å². The van der Waals surface area contributed by atoms with Crippen molar-refractivity contribution in [2.24, 2.45) is 16.9 Å². The van der Waals surface area contributed by atoms with Crippen LogP contribution >= 0.6 is 11.8 Å². The molecule has 2 aliphatic heterocycles. The van der Waals surface area contributed by atoms with Crippen LogP contribution in [-0.2, 0) is 19.1 Å². The summed E-state index contributed by atoms with van der Waals surface area (Å²) >= 11 is 1.54. The van der Waals surface area contributed by atoms with Crippen molar-refractivity contribution >= 4 is 34.5 Å². The Morgan fingerprint density at radius 2 is 1.71 bits per heavy atom. The summed E-state index contributed by atoms with van der Waals surface area (Å²) in [4.78, 5) is 40.3. The van der Waals surface area contributed by atoms with Crippen LogP contribution < -0.4 is 10.7 Å². The van der Waals surface area contributed by atoms with E-state index in [0.717, 1.165) is 50.8 Å². The van der Waals surface area contributed by atoms with E-state index in [4.69, 9.17) is 4.74 Å². The van der Waals surface area contributed by atoms with Crippen LogP contribution in [0, 0.1) is 11.8 Å². The standard InChI is InChI=1S/C20H32N4O4S.C2H6/c1-24-10-13-29-20(24)23-22-19(27)17(25)16(14-8-11-28-12-9-14)21-18(26)15-6-4-2-3-5-7-15;1-2/h14-16H,2-13H2,1H3,(H,21,26)(H,22,27);1-2H3/b23-20+;. The van der Waals surface area contributed by atoms with Crippen molar-refractivity contribution in [2.75, 3.05) is 32.6 Å². The lowest BCUT2D eigenvalue weighted by Gasteiger charge is -2.30. The minimum Gasteiger partial charge on any atom is -0.381 e. The highest BCUT2D eigenvalue weighted by Crippen LogP contribution is 2.25. The van der Waals surface area contributed by atoms with Crippen LogP contribution in [0.25, 0.3) is 0 Å². The topological polar surface area (TPSA) is 100 Å². The number of hydrazone groups is 1. The molecule has 0 radical (unpaired) electrons. The lowest BCUT2D eigenvalue weighted by molar-refractivity contribution is -0.142. The van der Waals surface area contributed by atoms with E-state index in [1.807, 2.05) is 25.8 Å². The molecular formula is C22H38N4O4S. The van der Waals surface area contributed by atoms with Crippen molar-refractivity contribution in [3.05, 3.63) is 0 Å². The van der Waals surface area contributed by atoms with Crippen molar-refractivity contribution < 1.29 is 19.1 Å². The number of carbonyl (C=O) groups excluding carboxylic acids is 3. The third kappa shape index (κ3) is 7.79. The van der Waals surface area contributed by atoms with E-state index in [1.54, 1.807) is 0 Å². The lowest BCUT2D eigenvalue weighted by Crippen LogP contribution is -2.53. The highest BCUT2D eigenvalue weighted by molar-refractivity contribution is 8.14. The first-order valence-corrected chi connectivity index (χ1v) is 12.7. The molecule has 9 heteroatoms. The first-order chi connectivity index (χ1) is 15.1. The van der Waals surface area contributed by atoms with Crippen LogP contribution in [-0.4, -0.2) is 66.3 Å². The van der Waals surface area contributed by atoms with Gasteiger partial charge in [-0.1, -0.05) is 51.3 Å². The molecule has 176 valence electrons. The fourth-order valence-corrected chi connectivity index (χ4v) is 5.12. The molecule has 0 aromatic rings. The van der Waals surface area contributed by atoms with Gasteiger partial charge in [0, 0.05) is 38.5 Å². The molecule has 3 aliphatic rings. The van der Waals surface area contributed by atoms with Crippen LogP contribution in [0.4, 0.5) is 0 Å². The molecule has 1 atom stereocenters. The molecule has 0 bridgehead atoms. The number of carbonyl (C=O) groups is 3. The number of nitrogens with one attached hydrogen (secondary N) is 2. The van der Waals surface area contributed by atoms with E-state index in [0.29, 0.717) is 31.2 Å². The SMILES string of the molecule is CC.CN1CCS/C1=N/NC(=O)C(=O)C(NC(=O)C1CCCCCC1)C1CCOCC1. The zero-order valence-corrected chi connectivity index (χ0v) is 20.0. The highest BCUT2D eigenvalue weighted by Gasteiger charge is 2.36. The van der Waals surface area contributed by atoms with Crippen molar-refractivity contribution in [1.29, 1.82) is 0 Å². The fourth-order valence-electron chi connectivity index (χ4n) is 4.15. The number of amides is 2. The predicted octanol–water partition coefficient (Wildman–Crippen LogP) is 2.53. The molecule has 0 spiro atoms. The molecule has 3 fully saturated rings. The Bertz CT molecular complexity index is 629. The van der Waals surface area contributed by atoms with Gasteiger partial charge in [0.25, 0.3) is 0 Å². The Kier molecular flexibility index (Phi) is 11.4. The van der Waals surface area contributed by atoms with Gasteiger partial charge < -0.3 is 15.0 Å². The van der Waals surface area contributed by atoms with Gasteiger partial charge in [-0.25, -0.2) is 5.43 Å². The molecule has 2 amide bonds. The van der Waals surface area contributed by atoms with Crippen LogP contribution in [0.2, 0.25) is 0 Å². The second-order valence-electron chi connectivity index (χ2n) is 8.09. The van der Waals surface area contributed by atoms with Crippen LogP contribution in [0.3, 0.4) is 0 Å². The number of ether oxygens (including phenoxy) is 1. The third-order valence-corrected chi connectivity index (χ3v) is 7.05. The van der Waals surface area contributed by atoms with Gasteiger partial charge in [0.2, 0.25) is 11.7 Å². The molecule has 1 aliphatic carbocycles. The van der Waals surface area contributed by atoms with E-state index in [-0.39, 0.29) is 17.7 Å². The first-order valence-electron chi connectivity index (χ1n) is 11.7. The second-order valence-corrected chi connectivity index (χ2v) is 9.16. The molecule has 2 heterocycles. The lowest BCUT2D eigenvalue weighted by atomic mass is 9.87. The average molecular weight is 455 g/mol. The van der Waals surface area contributed by atoms with Gasteiger partial charge in [0.1, 0.15) is 6.04 Å². The summed E-state index contributed by atoms with van der Waals surface area (Å²) in [5.41, 5.74) is 2.39. The molecule has 1 unspecified atom stereocenters. The van der Waals surface area contributed by atoms with E-state index in [1.165, 1.54) is 11.8 Å². The maximum absolute atomic E-state index is 13.0. The number of thioether (sulfide) groups is 1. The van der Waals surface area contributed by atoms with E-state index in [9.17, 15) is 14.4 Å². The van der Waals surface area contributed by atoms with Gasteiger partial charge >= 0.3 is 5.91 Å². The Morgan fingerprint density at radius 3 is 2.29 bits per heavy atom. The van der Waals surface area contributed by atoms with Crippen molar-refractivity contribution in [3.8, 4) is 0 Å². The largest absolute Gasteiger partial charge is 0.381 e. The molecule has 2 saturated heterocycles. The molecule has 0 aromatic heterocycles. The number of Topliss-reactive ketones (excluding diaryl/α,β-unsaturated/α-hetero) is 1. The van der Waals surface area contributed by atoms with E-state index in [2.05, 4.69) is 15.8 Å². The quantitative estimate of drug-likeness (QED) is 0.363. The van der Waals surface area contributed by atoms with Crippen LogP contribution in [0.5, 0.6) is 0 Å². The summed E-state index contributed by atoms with van der Waals surface area (Å²) in [6.45, 7) is 5.94. The first kappa shape index (κ1) is 25.6. The number of amidine groups is 1. The normalized spacial score (nSPS) is 22.8. The predicted molar refractivity (Wildman–Crippen MR) is 124 cm³/mol. The zero-order valence-electron chi connectivity index (χ0n) is 19.2. The van der Waals surface area contributed by atoms with Crippen LogP contribution in [0.15, 0.2) is 5.10 Å². The molecule has 0 aromatic carbocycles. The minimum absolute atomic E-state index is 0.0699. The highest BCUT2D eigenvalue weighted by atomic mass is 32.2. The molecular weight excluding hydrogens is 416 g/mol. The summed E-state index contributed by atoms with van der Waals surface area (Å²) < 4.78 is 5.40. The maximum atomic E-state index is 13.0. The Morgan fingerprint density at radius 1 is 1.06 bits per heavy atom. The molecule has 2 N–H and O–H groups in total. The average Bonchev–Trinajstić information content (AvgIpc) is 3.04. The van der Waals surface area contributed by atoms with Gasteiger partial charge in [-0.15, -0.1) is 5.10 Å². The Labute approximate surface area is 190 Å². The number of hydrogen-bond donors (Lipinski definition) is 2. The van der Waals surface area contributed by atoms with Crippen molar-refractivity contribution in [2.45, 2.75) is 71.3 Å². The van der Waals surface area contributed by atoms with E-state index < -0.39 is 17.7 Å².